The highest BCUT2D eigenvalue weighted by Crippen LogP contribution is 2.45. The summed E-state index contributed by atoms with van der Waals surface area (Å²) in [6.07, 6.45) is 8.58. The zero-order valence-electron chi connectivity index (χ0n) is 71.7. The molecule has 6 aliphatic rings. The molecule has 0 radical (unpaired) electrons. The topological polar surface area (TPSA) is 440 Å². The average molecular weight is 2130 g/mol. The van der Waals surface area contributed by atoms with Crippen molar-refractivity contribution in [3.63, 3.8) is 0 Å². The van der Waals surface area contributed by atoms with Gasteiger partial charge in [0.05, 0.1) is 39.8 Å². The van der Waals surface area contributed by atoms with Gasteiger partial charge in [-0.05, 0) is 117 Å². The van der Waals surface area contributed by atoms with Crippen LogP contribution in [0, 0.1) is 52.3 Å². The molecule has 9 aromatic rings. The normalized spacial score (nSPS) is 16.2. The minimum Gasteiger partial charge on any atom is -0.454 e. The Labute approximate surface area is 826 Å². The number of nitro groups is 4. The van der Waals surface area contributed by atoms with Crippen molar-refractivity contribution in [3.8, 4) is 46.0 Å². The molecule has 724 valence electrons. The van der Waals surface area contributed by atoms with Gasteiger partial charge in [-0.15, -0.1) is 11.6 Å². The van der Waals surface area contributed by atoms with Crippen LogP contribution in [0.25, 0.3) is 0 Å². The molecule has 4 heterocycles. The van der Waals surface area contributed by atoms with E-state index < -0.39 is 76.8 Å². The van der Waals surface area contributed by atoms with E-state index in [2.05, 4.69) is 0 Å². The van der Waals surface area contributed by atoms with Crippen LogP contribution in [-0.4, -0.2) is 224 Å². The van der Waals surface area contributed by atoms with Crippen LogP contribution in [0.2, 0.25) is 40.2 Å². The second kappa shape index (κ2) is 46.6. The summed E-state index contributed by atoms with van der Waals surface area (Å²) < 4.78 is 136. The van der Waals surface area contributed by atoms with Gasteiger partial charge in [0.25, 0.3) is 28.7 Å². The molecule has 0 atom stereocenters. The monoisotopic (exact) mass is 2120 g/mol. The molecule has 4 saturated heterocycles. The summed E-state index contributed by atoms with van der Waals surface area (Å²) in [6.45, 7) is 2.22. The summed E-state index contributed by atoms with van der Waals surface area (Å²) in [5, 5.41) is 47.4. The minimum absolute atomic E-state index is 0.00567. The Morgan fingerprint density at radius 1 is 0.316 bits per heavy atom. The lowest BCUT2D eigenvalue weighted by molar-refractivity contribution is -0.385. The van der Waals surface area contributed by atoms with Gasteiger partial charge in [-0.2, -0.15) is 17.2 Å². The molecular weight excluding hydrogens is 2040 g/mol. The quantitative estimate of drug-likeness (QED) is 0.0276. The molecule has 0 aromatic heterocycles. The smallest absolute Gasteiger partial charge is 0.271 e. The number of alkyl halides is 1. The van der Waals surface area contributed by atoms with E-state index in [1.165, 1.54) is 96.1 Å². The summed E-state index contributed by atoms with van der Waals surface area (Å²) in [7, 11) is -16.7. The highest BCUT2D eigenvalue weighted by atomic mass is 35.5. The molecule has 36 nitrogen and oxygen atoms in total. The standard InChI is InChI=1S/C23H25Cl2N3O6S.C23H19Cl2N3O6S.C21H21Cl2N3O6S.C20H20Cl3N3O6S/c2*24-17-6-8-19(25)21(14-17)34-20-9-7-18(28(30)31)15-22(20)35(32,33)27-12-10-26(11-13-27)23(29)16-4-2-1-3-5-16;22-15-4-6-17(23)19(12-15)32-18-7-5-16(26(28)29)13-20(18)33(30,31)25-10-8-24(9-11-25)21(27)14-2-1-3-14;21-7-1-2-20(27)24-8-10-25(11-9-24)33(30,31)19-13-15(26(28)29)4-6-17(19)32-18-12-14(22)3-5-16(18)23/h6-9,14-16H,1-5,10-13H2;1-9,14-15H,10-13H2;4-7,12-14H,1-3,8-11H2;3-6,12-13H,1-2,7-11H2. The van der Waals surface area contributed by atoms with Gasteiger partial charge in [0.15, 0.2) is 0 Å². The molecule has 0 spiro atoms. The Hall–Kier alpha value is -10.1. The van der Waals surface area contributed by atoms with Gasteiger partial charge in [0.1, 0.15) is 65.6 Å². The van der Waals surface area contributed by atoms with Gasteiger partial charge in [0.2, 0.25) is 57.8 Å². The van der Waals surface area contributed by atoms with Crippen molar-refractivity contribution in [2.24, 2.45) is 11.8 Å². The number of halogens is 9. The van der Waals surface area contributed by atoms with Crippen LogP contribution in [0.1, 0.15) is 74.6 Å². The van der Waals surface area contributed by atoms with E-state index in [-0.39, 0.29) is 232 Å². The largest absolute Gasteiger partial charge is 0.454 e. The number of amides is 4. The second-order valence-electron chi connectivity index (χ2n) is 31.3. The second-order valence-corrected chi connectivity index (χ2v) is 42.7. The van der Waals surface area contributed by atoms with Crippen molar-refractivity contribution in [2.75, 3.05) is 111 Å². The van der Waals surface area contributed by atoms with Crippen molar-refractivity contribution < 1.29 is 91.5 Å². The molecule has 2 saturated carbocycles. The molecule has 0 unspecified atom stereocenters. The first-order chi connectivity index (χ1) is 64.6. The highest BCUT2D eigenvalue weighted by Gasteiger charge is 2.41. The summed E-state index contributed by atoms with van der Waals surface area (Å²) in [5.41, 5.74) is -1.09. The molecular formula is C87H85Cl9N12O24S4. The number of piperazine rings is 4. The summed E-state index contributed by atoms with van der Waals surface area (Å²) in [4.78, 5) is 97.9. The van der Waals surface area contributed by atoms with Crippen molar-refractivity contribution in [1.82, 2.24) is 36.8 Å². The van der Waals surface area contributed by atoms with Gasteiger partial charge >= 0.3 is 0 Å². The van der Waals surface area contributed by atoms with Crippen molar-refractivity contribution in [1.29, 1.82) is 0 Å². The van der Waals surface area contributed by atoms with Crippen LogP contribution in [0.5, 0.6) is 46.0 Å². The number of sulfonamides is 4. The summed E-state index contributed by atoms with van der Waals surface area (Å²) in [6, 6.07) is 39.8. The first-order valence-electron chi connectivity index (χ1n) is 42.0. The zero-order valence-corrected chi connectivity index (χ0v) is 81.8. The molecule has 4 aliphatic heterocycles. The molecule has 0 N–H and O–H groups in total. The number of carbonyl (C=O) groups is 4. The van der Waals surface area contributed by atoms with Crippen LogP contribution in [0.15, 0.2) is 196 Å². The Balaban J connectivity index is 0.000000163. The van der Waals surface area contributed by atoms with Gasteiger partial charge in [-0.1, -0.05) is 137 Å². The van der Waals surface area contributed by atoms with E-state index in [9.17, 15) is 93.3 Å². The lowest BCUT2D eigenvalue weighted by Gasteiger charge is -2.37. The Bertz CT molecular complexity index is 6490. The Morgan fingerprint density at radius 3 is 0.838 bits per heavy atom. The van der Waals surface area contributed by atoms with Crippen LogP contribution in [0.4, 0.5) is 22.7 Å². The maximum Gasteiger partial charge on any atom is 0.271 e. The predicted molar refractivity (Wildman–Crippen MR) is 510 cm³/mol. The molecule has 136 heavy (non-hydrogen) atoms. The number of ether oxygens (including phenoxy) is 4. The van der Waals surface area contributed by atoms with E-state index in [4.69, 9.17) is 123 Å². The fourth-order valence-electron chi connectivity index (χ4n) is 15.1. The number of hydrogen-bond donors (Lipinski definition) is 0. The summed E-state index contributed by atoms with van der Waals surface area (Å²) >= 11 is 54.2. The highest BCUT2D eigenvalue weighted by molar-refractivity contribution is 7.90. The van der Waals surface area contributed by atoms with Gasteiger partial charge < -0.3 is 38.5 Å². The zero-order chi connectivity index (χ0) is 98.3. The van der Waals surface area contributed by atoms with E-state index in [0.717, 1.165) is 99.9 Å². The van der Waals surface area contributed by atoms with Crippen molar-refractivity contribution in [3.05, 3.63) is 262 Å². The van der Waals surface area contributed by atoms with Crippen molar-refractivity contribution in [2.45, 2.75) is 83.8 Å². The van der Waals surface area contributed by atoms with Crippen LogP contribution < -0.4 is 18.9 Å². The maximum atomic E-state index is 13.6. The van der Waals surface area contributed by atoms with Crippen LogP contribution in [-0.2, 0) is 54.5 Å². The summed E-state index contributed by atoms with van der Waals surface area (Å²) in [5.74, 6) is 0.200. The maximum absolute atomic E-state index is 13.6. The van der Waals surface area contributed by atoms with Crippen LogP contribution >= 0.6 is 104 Å². The molecule has 49 heteroatoms. The number of benzene rings is 9. The third-order valence-corrected chi connectivity index (χ3v) is 32.8. The number of non-ortho nitro benzene ring substituents is 4. The number of carbonyl (C=O) groups excluding carboxylic acids is 4. The lowest BCUT2D eigenvalue weighted by Crippen LogP contribution is -2.52. The van der Waals surface area contributed by atoms with Gasteiger partial charge in [0, 0.05) is 227 Å². The number of hydrogen-bond acceptors (Lipinski definition) is 24. The fraction of sp³-hybridized carbons (Fsp3) is 0.333. The van der Waals surface area contributed by atoms with E-state index in [1.54, 1.807) is 68.1 Å². The Morgan fingerprint density at radius 2 is 0.581 bits per heavy atom. The minimum atomic E-state index is -4.22. The lowest BCUT2D eigenvalue weighted by atomic mass is 9.84. The average Bonchev–Trinajstić information content (AvgIpc) is 0.783. The third-order valence-electron chi connectivity index (χ3n) is 22.6. The molecule has 9 aromatic carbocycles. The first kappa shape index (κ1) is 105. The molecule has 4 amide bonds. The molecule has 15 rings (SSSR count). The van der Waals surface area contributed by atoms with Gasteiger partial charge in [-0.25, -0.2) is 33.7 Å². The van der Waals surface area contributed by atoms with E-state index in [1.807, 2.05) is 0 Å². The molecule has 6 fully saturated rings. The fourth-order valence-corrected chi connectivity index (χ4v) is 22.7. The van der Waals surface area contributed by atoms with E-state index >= 15 is 0 Å². The number of rotatable bonds is 26. The molecule has 2 aliphatic carbocycles. The van der Waals surface area contributed by atoms with Crippen LogP contribution in [0.3, 0.4) is 0 Å². The van der Waals surface area contributed by atoms with Crippen molar-refractivity contribution >= 4 is 191 Å². The third kappa shape index (κ3) is 26.1. The number of nitro benzene ring substituents is 4. The van der Waals surface area contributed by atoms with E-state index in [0.29, 0.717) is 44.4 Å². The Kier molecular flexibility index (Phi) is 35.9. The first-order valence-corrected chi connectivity index (χ1v) is 51.4. The van der Waals surface area contributed by atoms with Gasteiger partial charge in [-0.3, -0.25) is 59.6 Å². The number of nitrogens with zero attached hydrogens (tertiary/aromatic N) is 12. The molecule has 0 bridgehead atoms. The SMILES string of the molecule is O=C(C1CCC1)N1CCN(S(=O)(=O)c2cc([N+](=O)[O-])ccc2Oc2cc(Cl)ccc2Cl)CC1.O=C(C1CCCCC1)N1CCN(S(=O)(=O)c2cc([N+](=O)[O-])ccc2Oc2cc(Cl)ccc2Cl)CC1.O=C(CCCCl)N1CCN(S(=O)(=O)c2cc([N+](=O)[O-])ccc2Oc2cc(Cl)ccc2Cl)CC1.O=C(c1ccccc1)N1CCN(S(=O)(=O)c2cc([N+](=O)[O-])ccc2Oc2cc(Cl)ccc2Cl)CC1. The predicted octanol–water partition coefficient (Wildman–Crippen LogP) is 18.8.